The lowest BCUT2D eigenvalue weighted by atomic mass is 10.3. The van der Waals surface area contributed by atoms with Crippen LogP contribution in [0.25, 0.3) is 5.69 Å². The summed E-state index contributed by atoms with van der Waals surface area (Å²) in [7, 11) is 1.62. The number of thioether (sulfide) groups is 1. The second-order valence-corrected chi connectivity index (χ2v) is 6.12. The molecule has 0 saturated carbocycles. The van der Waals surface area contributed by atoms with Gasteiger partial charge in [0.2, 0.25) is 5.91 Å². The lowest BCUT2D eigenvalue weighted by molar-refractivity contribution is -0.128. The number of ether oxygens (including phenoxy) is 1. The Kier molecular flexibility index (Phi) is 4.49. The molecule has 1 aromatic heterocycles. The minimum absolute atomic E-state index is 0.0318. The second-order valence-electron chi connectivity index (χ2n) is 5.05. The van der Waals surface area contributed by atoms with Crippen LogP contribution in [0.2, 0.25) is 0 Å². The van der Waals surface area contributed by atoms with Crippen LogP contribution in [0.5, 0.6) is 0 Å². The van der Waals surface area contributed by atoms with E-state index in [9.17, 15) is 9.18 Å². The molecule has 1 fully saturated rings. The Balaban J connectivity index is 1.84. The number of methoxy groups -OCH3 is 1. The topological polar surface area (TPSA) is 34.5 Å². The van der Waals surface area contributed by atoms with Gasteiger partial charge in [0, 0.05) is 31.6 Å². The molecule has 0 radical (unpaired) electrons. The van der Waals surface area contributed by atoms with Crippen molar-refractivity contribution < 1.29 is 13.9 Å². The summed E-state index contributed by atoms with van der Waals surface area (Å²) in [4.78, 5) is 13.8. The van der Waals surface area contributed by atoms with Gasteiger partial charge in [-0.3, -0.25) is 4.79 Å². The molecule has 3 rings (SSSR count). The molecule has 22 heavy (non-hydrogen) atoms. The van der Waals surface area contributed by atoms with Gasteiger partial charge in [-0.05, 0) is 18.2 Å². The summed E-state index contributed by atoms with van der Waals surface area (Å²) in [5.74, 6) is 0.320. The van der Waals surface area contributed by atoms with E-state index in [4.69, 9.17) is 4.74 Å². The van der Waals surface area contributed by atoms with E-state index in [1.807, 2.05) is 23.4 Å². The first-order chi connectivity index (χ1) is 10.7. The van der Waals surface area contributed by atoms with Crippen LogP contribution in [-0.2, 0) is 9.53 Å². The fraction of sp³-hybridized carbons (Fsp3) is 0.312. The molecule has 1 atom stereocenters. The number of hydrogen-bond donors (Lipinski definition) is 0. The molecule has 4 nitrogen and oxygen atoms in total. The highest BCUT2D eigenvalue weighted by Gasteiger charge is 2.32. The normalized spacial score (nSPS) is 18.2. The molecule has 1 aromatic carbocycles. The standard InChI is InChI=1S/C16H17FN2O2S/c1-21-9-8-19-15(20)11-22-16(19)12-6-7-18(10-12)14-5-3-2-4-13(14)17/h2-7,10,16H,8-9,11H2,1H3/t16-/m0/s1. The van der Waals surface area contributed by atoms with Crippen LogP contribution in [-0.4, -0.2) is 41.4 Å². The van der Waals surface area contributed by atoms with Crippen molar-refractivity contribution in [2.24, 2.45) is 0 Å². The number of para-hydroxylation sites is 1. The number of hydrogen-bond acceptors (Lipinski definition) is 3. The third-order valence-electron chi connectivity index (χ3n) is 3.64. The van der Waals surface area contributed by atoms with Gasteiger partial charge in [0.1, 0.15) is 11.2 Å². The number of amides is 1. The highest BCUT2D eigenvalue weighted by atomic mass is 32.2. The summed E-state index contributed by atoms with van der Waals surface area (Å²) >= 11 is 1.59. The quantitative estimate of drug-likeness (QED) is 0.849. The van der Waals surface area contributed by atoms with Crippen molar-refractivity contribution in [2.45, 2.75) is 5.37 Å². The van der Waals surface area contributed by atoms with Crippen molar-refractivity contribution in [3.63, 3.8) is 0 Å². The molecule has 1 saturated heterocycles. The molecular weight excluding hydrogens is 303 g/mol. The lowest BCUT2D eigenvalue weighted by Crippen LogP contribution is -2.31. The van der Waals surface area contributed by atoms with E-state index in [1.54, 1.807) is 41.6 Å². The summed E-state index contributed by atoms with van der Waals surface area (Å²) < 4.78 is 20.7. The van der Waals surface area contributed by atoms with Crippen LogP contribution in [0.3, 0.4) is 0 Å². The van der Waals surface area contributed by atoms with Crippen molar-refractivity contribution >= 4 is 17.7 Å². The average Bonchev–Trinajstić information content (AvgIpc) is 3.12. The van der Waals surface area contributed by atoms with Gasteiger partial charge in [0.05, 0.1) is 18.0 Å². The zero-order valence-corrected chi connectivity index (χ0v) is 13.1. The molecular formula is C16H17FN2O2S. The molecule has 6 heteroatoms. The first-order valence-electron chi connectivity index (χ1n) is 7.03. The zero-order valence-electron chi connectivity index (χ0n) is 12.2. The highest BCUT2D eigenvalue weighted by molar-refractivity contribution is 8.00. The predicted octanol–water partition coefficient (Wildman–Crippen LogP) is 2.84. The van der Waals surface area contributed by atoms with E-state index in [-0.39, 0.29) is 17.1 Å². The highest BCUT2D eigenvalue weighted by Crippen LogP contribution is 2.38. The van der Waals surface area contributed by atoms with Gasteiger partial charge in [0.25, 0.3) is 0 Å². The van der Waals surface area contributed by atoms with E-state index in [1.165, 1.54) is 6.07 Å². The van der Waals surface area contributed by atoms with Gasteiger partial charge in [-0.1, -0.05) is 12.1 Å². The Morgan fingerprint density at radius 3 is 2.95 bits per heavy atom. The number of rotatable bonds is 5. The summed E-state index contributed by atoms with van der Waals surface area (Å²) in [5.41, 5.74) is 1.50. The SMILES string of the molecule is COCCN1C(=O)CS[C@H]1c1ccn(-c2ccccc2F)c1. The van der Waals surface area contributed by atoms with Crippen LogP contribution in [0.1, 0.15) is 10.9 Å². The van der Waals surface area contributed by atoms with Gasteiger partial charge < -0.3 is 14.2 Å². The van der Waals surface area contributed by atoms with Gasteiger partial charge >= 0.3 is 0 Å². The Morgan fingerprint density at radius 2 is 2.18 bits per heavy atom. The average molecular weight is 320 g/mol. The first-order valence-corrected chi connectivity index (χ1v) is 8.08. The molecule has 116 valence electrons. The minimum Gasteiger partial charge on any atom is -0.383 e. The van der Waals surface area contributed by atoms with Crippen LogP contribution in [0.4, 0.5) is 4.39 Å². The Labute approximate surface area is 132 Å². The van der Waals surface area contributed by atoms with Gasteiger partial charge in [-0.2, -0.15) is 0 Å². The van der Waals surface area contributed by atoms with Crippen LogP contribution in [0, 0.1) is 5.82 Å². The molecule has 0 aliphatic carbocycles. The van der Waals surface area contributed by atoms with E-state index < -0.39 is 0 Å². The largest absolute Gasteiger partial charge is 0.383 e. The summed E-state index contributed by atoms with van der Waals surface area (Å²) in [6.07, 6.45) is 3.71. The van der Waals surface area contributed by atoms with Crippen LogP contribution in [0.15, 0.2) is 42.7 Å². The number of carbonyl (C=O) groups is 1. The second kappa shape index (κ2) is 6.54. The predicted molar refractivity (Wildman–Crippen MR) is 84.5 cm³/mol. The summed E-state index contributed by atoms with van der Waals surface area (Å²) in [6, 6.07) is 8.57. The maximum absolute atomic E-state index is 13.9. The first kappa shape index (κ1) is 15.1. The monoisotopic (exact) mass is 320 g/mol. The van der Waals surface area contributed by atoms with Crippen molar-refractivity contribution in [1.82, 2.24) is 9.47 Å². The third-order valence-corrected chi connectivity index (χ3v) is 4.89. The molecule has 0 unspecified atom stereocenters. The Morgan fingerprint density at radius 1 is 1.36 bits per heavy atom. The number of halogens is 1. The number of aromatic nitrogens is 1. The van der Waals surface area contributed by atoms with Crippen molar-refractivity contribution in [3.05, 3.63) is 54.1 Å². The molecule has 1 amide bonds. The van der Waals surface area contributed by atoms with Gasteiger partial charge in [-0.25, -0.2) is 4.39 Å². The van der Waals surface area contributed by atoms with E-state index in [0.29, 0.717) is 24.6 Å². The van der Waals surface area contributed by atoms with Gasteiger partial charge in [-0.15, -0.1) is 11.8 Å². The van der Waals surface area contributed by atoms with E-state index in [2.05, 4.69) is 0 Å². The van der Waals surface area contributed by atoms with E-state index >= 15 is 0 Å². The maximum Gasteiger partial charge on any atom is 0.233 e. The fourth-order valence-corrected chi connectivity index (χ4v) is 3.73. The summed E-state index contributed by atoms with van der Waals surface area (Å²) in [5, 5.41) is -0.0318. The third kappa shape index (κ3) is 2.89. The van der Waals surface area contributed by atoms with Crippen molar-refractivity contribution in [2.75, 3.05) is 26.0 Å². The summed E-state index contributed by atoms with van der Waals surface area (Å²) in [6.45, 7) is 1.08. The molecule has 2 heterocycles. The molecule has 0 N–H and O–H groups in total. The number of carbonyl (C=O) groups excluding carboxylic acids is 1. The van der Waals surface area contributed by atoms with Crippen molar-refractivity contribution in [1.29, 1.82) is 0 Å². The number of nitrogens with zero attached hydrogens (tertiary/aromatic N) is 2. The van der Waals surface area contributed by atoms with Crippen molar-refractivity contribution in [3.8, 4) is 5.69 Å². The zero-order chi connectivity index (χ0) is 15.5. The van der Waals surface area contributed by atoms with Crippen LogP contribution < -0.4 is 0 Å². The van der Waals surface area contributed by atoms with Crippen LogP contribution >= 0.6 is 11.8 Å². The van der Waals surface area contributed by atoms with Gasteiger partial charge in [0.15, 0.2) is 0 Å². The fourth-order valence-electron chi connectivity index (χ4n) is 2.53. The maximum atomic E-state index is 13.9. The van der Waals surface area contributed by atoms with E-state index in [0.717, 1.165) is 5.56 Å². The Hall–Kier alpha value is -1.79. The Bertz CT molecular complexity index is 674. The smallest absolute Gasteiger partial charge is 0.233 e. The molecule has 0 spiro atoms. The molecule has 1 aliphatic rings. The molecule has 2 aromatic rings. The molecule has 1 aliphatic heterocycles. The lowest BCUT2D eigenvalue weighted by Gasteiger charge is -2.22. The minimum atomic E-state index is -0.268. The number of benzene rings is 1. The molecule has 0 bridgehead atoms.